The highest BCUT2D eigenvalue weighted by molar-refractivity contribution is 7.80. The molecule has 0 atom stereocenters. The second-order valence-corrected chi connectivity index (χ2v) is 6.54. The van der Waals surface area contributed by atoms with Gasteiger partial charge in [-0.15, -0.1) is 0 Å². The third kappa shape index (κ3) is 6.20. The van der Waals surface area contributed by atoms with Crippen LogP contribution in [0.4, 0.5) is 0 Å². The number of halogens is 2. The normalized spacial score (nSPS) is 10.7. The predicted octanol–water partition coefficient (Wildman–Crippen LogP) is 4.70. The van der Waals surface area contributed by atoms with E-state index in [0.29, 0.717) is 27.5 Å². The molecule has 2 rings (SSSR count). The van der Waals surface area contributed by atoms with E-state index in [4.69, 9.17) is 40.2 Å². The molecule has 2 aromatic rings. The number of nitrogens with zero attached hydrogens (tertiary/aromatic N) is 1. The minimum absolute atomic E-state index is 0.395. The largest absolute Gasteiger partial charge is 0.486 e. The summed E-state index contributed by atoms with van der Waals surface area (Å²) in [5, 5.41) is 8.28. The number of hydrogen-bond donors (Lipinski definition) is 2. The molecule has 0 spiro atoms. The number of benzene rings is 2. The van der Waals surface area contributed by atoms with Crippen LogP contribution in [0.1, 0.15) is 23.6 Å². The van der Waals surface area contributed by atoms with Crippen molar-refractivity contribution in [2.45, 2.75) is 20.5 Å². The Kier molecular flexibility index (Phi) is 7.50. The molecule has 0 aliphatic heterocycles. The quantitative estimate of drug-likeness (QED) is 0.422. The molecule has 0 aliphatic carbocycles. The summed E-state index contributed by atoms with van der Waals surface area (Å²) in [6, 6.07) is 11.6. The fourth-order valence-electron chi connectivity index (χ4n) is 2.00. The van der Waals surface area contributed by atoms with Gasteiger partial charge in [0, 0.05) is 6.54 Å². The molecule has 2 aromatic carbocycles. The van der Waals surface area contributed by atoms with Gasteiger partial charge in [-0.25, -0.2) is 0 Å². The van der Waals surface area contributed by atoms with Crippen LogP contribution in [-0.2, 0) is 6.61 Å². The number of ether oxygens (including phenoxy) is 1. The lowest BCUT2D eigenvalue weighted by Crippen LogP contribution is -2.31. The van der Waals surface area contributed by atoms with Crippen LogP contribution in [0.25, 0.3) is 0 Å². The zero-order valence-corrected chi connectivity index (χ0v) is 16.3. The van der Waals surface area contributed by atoms with E-state index in [2.05, 4.69) is 15.8 Å². The van der Waals surface area contributed by atoms with Gasteiger partial charge in [0.25, 0.3) is 0 Å². The minimum Gasteiger partial charge on any atom is -0.486 e. The summed E-state index contributed by atoms with van der Waals surface area (Å²) in [6.07, 6.45) is 1.59. The molecule has 0 radical (unpaired) electrons. The average Bonchev–Trinajstić information content (AvgIpc) is 2.56. The highest BCUT2D eigenvalue weighted by Crippen LogP contribution is 2.34. The third-order valence-corrected chi connectivity index (χ3v) is 4.04. The van der Waals surface area contributed by atoms with Crippen molar-refractivity contribution in [3.8, 4) is 5.75 Å². The molecule has 4 nitrogen and oxygen atoms in total. The summed E-state index contributed by atoms with van der Waals surface area (Å²) >= 11 is 17.6. The van der Waals surface area contributed by atoms with E-state index in [1.54, 1.807) is 18.3 Å². The number of hydrogen-bond acceptors (Lipinski definition) is 3. The summed E-state index contributed by atoms with van der Waals surface area (Å²) in [5.41, 5.74) is 5.69. The first-order valence-electron chi connectivity index (χ1n) is 7.74. The first-order chi connectivity index (χ1) is 12.0. The van der Waals surface area contributed by atoms with Gasteiger partial charge in [0.05, 0.1) is 16.3 Å². The Hall–Kier alpha value is -1.82. The Morgan fingerprint density at radius 2 is 1.84 bits per heavy atom. The highest BCUT2D eigenvalue weighted by atomic mass is 35.5. The summed E-state index contributed by atoms with van der Waals surface area (Å²) < 4.78 is 5.77. The van der Waals surface area contributed by atoms with Crippen molar-refractivity contribution in [3.63, 3.8) is 0 Å². The maximum absolute atomic E-state index is 6.29. The predicted molar refractivity (Wildman–Crippen MR) is 109 cm³/mol. The van der Waals surface area contributed by atoms with Crippen LogP contribution in [0.5, 0.6) is 5.75 Å². The Morgan fingerprint density at radius 1 is 1.20 bits per heavy atom. The summed E-state index contributed by atoms with van der Waals surface area (Å²) in [7, 11) is 0. The van der Waals surface area contributed by atoms with Gasteiger partial charge in [0.2, 0.25) is 0 Å². The van der Waals surface area contributed by atoms with Crippen LogP contribution in [0.2, 0.25) is 10.0 Å². The van der Waals surface area contributed by atoms with Gasteiger partial charge < -0.3 is 10.1 Å². The van der Waals surface area contributed by atoms with Crippen molar-refractivity contribution in [1.82, 2.24) is 10.7 Å². The van der Waals surface area contributed by atoms with Gasteiger partial charge in [-0.3, -0.25) is 5.43 Å². The first-order valence-corrected chi connectivity index (χ1v) is 8.90. The van der Waals surface area contributed by atoms with Crippen molar-refractivity contribution in [2.75, 3.05) is 6.54 Å². The van der Waals surface area contributed by atoms with Crippen molar-refractivity contribution in [1.29, 1.82) is 0 Å². The maximum Gasteiger partial charge on any atom is 0.186 e. The van der Waals surface area contributed by atoms with Crippen LogP contribution in [0.3, 0.4) is 0 Å². The highest BCUT2D eigenvalue weighted by Gasteiger charge is 2.09. The summed E-state index contributed by atoms with van der Waals surface area (Å²) in [6.45, 7) is 5.11. The molecular weight excluding hydrogens is 377 g/mol. The monoisotopic (exact) mass is 395 g/mol. The van der Waals surface area contributed by atoms with Gasteiger partial charge in [-0.1, -0.05) is 53.0 Å². The Morgan fingerprint density at radius 3 is 2.44 bits per heavy atom. The zero-order chi connectivity index (χ0) is 18.2. The molecule has 2 N–H and O–H groups in total. The first kappa shape index (κ1) is 19.5. The molecular formula is C18H19Cl2N3OS. The standard InChI is InChI=1S/C18H19Cl2N3OS/c1-3-21-18(25)23-22-10-14-8-15(19)17(16(20)9-14)24-11-13-6-4-12(2)5-7-13/h4-10H,3,11H2,1-2H3,(H2,21,23,25)/b22-10-. The van der Waals surface area contributed by atoms with Crippen LogP contribution in [0.15, 0.2) is 41.5 Å². The number of nitrogens with one attached hydrogen (secondary N) is 2. The molecule has 0 unspecified atom stereocenters. The molecule has 0 saturated heterocycles. The van der Waals surface area contributed by atoms with Crippen LogP contribution in [0, 0.1) is 6.92 Å². The van der Waals surface area contributed by atoms with E-state index >= 15 is 0 Å². The number of thiocarbonyl (C=S) groups is 1. The average molecular weight is 396 g/mol. The van der Waals surface area contributed by atoms with Crippen molar-refractivity contribution >= 4 is 46.7 Å². The van der Waals surface area contributed by atoms with Gasteiger partial charge in [-0.05, 0) is 49.3 Å². The van der Waals surface area contributed by atoms with Gasteiger partial charge >= 0.3 is 0 Å². The fraction of sp³-hybridized carbons (Fsp3) is 0.222. The molecule has 7 heteroatoms. The van der Waals surface area contributed by atoms with E-state index in [0.717, 1.165) is 17.7 Å². The SMILES string of the molecule is CCNC(=S)N/N=C\c1cc(Cl)c(OCc2ccc(C)cc2)c(Cl)c1. The molecule has 0 heterocycles. The lowest BCUT2D eigenvalue weighted by molar-refractivity contribution is 0.306. The number of aryl methyl sites for hydroxylation is 1. The summed E-state index contributed by atoms with van der Waals surface area (Å²) in [5.74, 6) is 0.456. The molecule has 0 bridgehead atoms. The lowest BCUT2D eigenvalue weighted by atomic mass is 10.2. The Labute approximate surface area is 163 Å². The maximum atomic E-state index is 6.29. The van der Waals surface area contributed by atoms with E-state index in [1.165, 1.54) is 5.56 Å². The fourth-order valence-corrected chi connectivity index (χ4v) is 2.81. The van der Waals surface area contributed by atoms with Crippen molar-refractivity contribution in [2.24, 2.45) is 5.10 Å². The van der Waals surface area contributed by atoms with Crippen molar-refractivity contribution < 1.29 is 4.74 Å². The van der Waals surface area contributed by atoms with Crippen LogP contribution in [-0.4, -0.2) is 17.9 Å². The Bertz CT molecular complexity index is 740. The van der Waals surface area contributed by atoms with Crippen LogP contribution < -0.4 is 15.5 Å². The number of hydrazone groups is 1. The van der Waals surface area contributed by atoms with E-state index in [1.807, 2.05) is 38.1 Å². The number of rotatable bonds is 6. The molecule has 0 fully saturated rings. The van der Waals surface area contributed by atoms with Gasteiger partial charge in [0.15, 0.2) is 10.9 Å². The molecule has 0 aliphatic rings. The van der Waals surface area contributed by atoms with E-state index < -0.39 is 0 Å². The van der Waals surface area contributed by atoms with E-state index in [9.17, 15) is 0 Å². The third-order valence-electron chi connectivity index (χ3n) is 3.24. The lowest BCUT2D eigenvalue weighted by Gasteiger charge is -2.11. The summed E-state index contributed by atoms with van der Waals surface area (Å²) in [4.78, 5) is 0. The smallest absolute Gasteiger partial charge is 0.186 e. The second-order valence-electron chi connectivity index (χ2n) is 5.32. The molecule has 132 valence electrons. The van der Waals surface area contributed by atoms with E-state index in [-0.39, 0.29) is 0 Å². The topological polar surface area (TPSA) is 45.7 Å². The molecule has 0 saturated carbocycles. The molecule has 0 aromatic heterocycles. The van der Waals surface area contributed by atoms with Crippen molar-refractivity contribution in [3.05, 3.63) is 63.1 Å². The zero-order valence-electron chi connectivity index (χ0n) is 14.0. The molecule has 0 amide bonds. The van der Waals surface area contributed by atoms with Gasteiger partial charge in [-0.2, -0.15) is 5.10 Å². The van der Waals surface area contributed by atoms with Gasteiger partial charge in [0.1, 0.15) is 6.61 Å². The van der Waals surface area contributed by atoms with Crippen LogP contribution >= 0.6 is 35.4 Å². The second kappa shape index (κ2) is 9.61. The Balaban J connectivity index is 2.02. The minimum atomic E-state index is 0.395. The molecule has 25 heavy (non-hydrogen) atoms.